The summed E-state index contributed by atoms with van der Waals surface area (Å²) in [5.74, 6) is -3.85. The molecule has 4 rings (SSSR count). The second-order valence-corrected chi connectivity index (χ2v) is 8.75. The Morgan fingerprint density at radius 2 is 1.88 bits per heavy atom. The Balaban J connectivity index is 1.77. The van der Waals surface area contributed by atoms with Crippen LogP contribution in [-0.4, -0.2) is 28.9 Å². The molecule has 33 heavy (non-hydrogen) atoms. The summed E-state index contributed by atoms with van der Waals surface area (Å²) >= 11 is 0. The number of nitrogen functional groups attached to an aromatic ring is 1. The number of fused-ring (bicyclic) bond motifs is 1. The zero-order valence-electron chi connectivity index (χ0n) is 17.2. The number of ether oxygens (including phenoxy) is 1. The van der Waals surface area contributed by atoms with Crippen LogP contribution in [0.4, 0.5) is 24.7 Å². The van der Waals surface area contributed by atoms with Crippen LogP contribution in [0.25, 0.3) is 22.2 Å². The predicted molar refractivity (Wildman–Crippen MR) is 118 cm³/mol. The van der Waals surface area contributed by atoms with Crippen molar-refractivity contribution in [2.24, 2.45) is 7.05 Å². The summed E-state index contributed by atoms with van der Waals surface area (Å²) in [6.45, 7) is -0.0696. The molecule has 0 unspecified atom stereocenters. The number of halogens is 3. The number of hydrogen-bond donors (Lipinski definition) is 2. The molecule has 0 atom stereocenters. The second kappa shape index (κ2) is 8.62. The number of nitrogens with zero attached hydrogens (tertiary/aromatic N) is 3. The Morgan fingerprint density at radius 1 is 1.15 bits per heavy atom. The average molecular weight is 477 g/mol. The molecule has 0 saturated carbocycles. The van der Waals surface area contributed by atoms with Crippen LogP contribution < -0.4 is 15.2 Å². The van der Waals surface area contributed by atoms with E-state index in [1.807, 2.05) is 4.72 Å². The number of benzene rings is 2. The van der Waals surface area contributed by atoms with Crippen molar-refractivity contribution in [3.05, 3.63) is 66.1 Å². The zero-order chi connectivity index (χ0) is 23.8. The average Bonchev–Trinajstić information content (AvgIpc) is 3.12. The number of alkyl halides is 2. The number of aromatic nitrogens is 3. The van der Waals surface area contributed by atoms with Gasteiger partial charge in [-0.05, 0) is 35.9 Å². The second-order valence-electron chi connectivity index (χ2n) is 7.10. The molecule has 0 aliphatic heterocycles. The highest BCUT2D eigenvalue weighted by molar-refractivity contribution is 7.93. The van der Waals surface area contributed by atoms with E-state index in [1.165, 1.54) is 42.5 Å². The molecule has 0 amide bonds. The van der Waals surface area contributed by atoms with E-state index in [9.17, 15) is 21.6 Å². The highest BCUT2D eigenvalue weighted by atomic mass is 32.2. The monoisotopic (exact) mass is 477 g/mol. The molecule has 172 valence electrons. The number of anilines is 2. The number of rotatable bonds is 7. The first-order valence-electron chi connectivity index (χ1n) is 9.54. The Bertz CT molecular complexity index is 1420. The van der Waals surface area contributed by atoms with E-state index >= 15 is 0 Å². The molecule has 0 radical (unpaired) electrons. The maximum Gasteiger partial charge on any atom is 0.355 e. The van der Waals surface area contributed by atoms with Gasteiger partial charge >= 0.3 is 5.76 Å². The van der Waals surface area contributed by atoms with Gasteiger partial charge in [0.15, 0.2) is 0 Å². The molecule has 8 nitrogen and oxygen atoms in total. The van der Waals surface area contributed by atoms with E-state index in [2.05, 4.69) is 10.1 Å². The number of nitrogens with one attached hydrogen (secondary N) is 1. The summed E-state index contributed by atoms with van der Waals surface area (Å²) in [7, 11) is -3.22. The predicted octanol–water partition coefficient (Wildman–Crippen LogP) is 3.90. The molecule has 0 spiro atoms. The summed E-state index contributed by atoms with van der Waals surface area (Å²) in [5, 5.41) is 5.04. The maximum absolute atomic E-state index is 13.2. The van der Waals surface area contributed by atoms with Crippen molar-refractivity contribution in [2.45, 2.75) is 12.4 Å². The van der Waals surface area contributed by atoms with E-state index in [0.717, 1.165) is 0 Å². The maximum atomic E-state index is 13.2. The van der Waals surface area contributed by atoms with E-state index in [1.54, 1.807) is 24.0 Å². The van der Waals surface area contributed by atoms with Crippen molar-refractivity contribution in [2.75, 3.05) is 10.5 Å². The lowest BCUT2D eigenvalue weighted by atomic mass is 10.1. The summed E-state index contributed by atoms with van der Waals surface area (Å²) in [6, 6.07) is 11.4. The lowest BCUT2D eigenvalue weighted by Gasteiger charge is -2.15. The van der Waals surface area contributed by atoms with Gasteiger partial charge in [-0.15, -0.1) is 0 Å². The third-order valence-electron chi connectivity index (χ3n) is 4.84. The van der Waals surface area contributed by atoms with Gasteiger partial charge in [0.25, 0.3) is 10.0 Å². The molecular weight excluding hydrogens is 459 g/mol. The molecule has 0 aliphatic rings. The normalized spacial score (nSPS) is 11.8. The first-order valence-corrected chi connectivity index (χ1v) is 11.1. The Labute approximate surface area is 186 Å². The lowest BCUT2D eigenvalue weighted by Crippen LogP contribution is -2.21. The third kappa shape index (κ3) is 4.55. The van der Waals surface area contributed by atoms with E-state index in [4.69, 9.17) is 10.5 Å². The Morgan fingerprint density at radius 3 is 2.58 bits per heavy atom. The minimum absolute atomic E-state index is 0.0256. The molecule has 2 heterocycles. The van der Waals surface area contributed by atoms with Crippen LogP contribution in [0.5, 0.6) is 5.75 Å². The largest absolute Gasteiger partial charge is 0.487 e. The molecule has 12 heteroatoms. The minimum atomic E-state index is -4.94. The summed E-state index contributed by atoms with van der Waals surface area (Å²) in [6.07, 6.45) is 1.54. The highest BCUT2D eigenvalue weighted by Gasteiger charge is 2.26. The first-order chi connectivity index (χ1) is 15.7. The van der Waals surface area contributed by atoms with Gasteiger partial charge in [0.05, 0.1) is 16.6 Å². The SMILES string of the molecule is Cn1nc(-c2ccc(NS(=O)(=O)C(F)F)c(OCc3ccc(F)cc3)c2)c2c(N)nccc21. The molecule has 3 N–H and O–H groups in total. The van der Waals surface area contributed by atoms with E-state index in [0.29, 0.717) is 27.7 Å². The quantitative estimate of drug-likeness (QED) is 0.418. The topological polar surface area (TPSA) is 112 Å². The number of sulfonamides is 1. The van der Waals surface area contributed by atoms with Crippen LogP contribution in [0.1, 0.15) is 5.56 Å². The van der Waals surface area contributed by atoms with Crippen LogP contribution in [0.3, 0.4) is 0 Å². The van der Waals surface area contributed by atoms with Gasteiger partial charge in [0.1, 0.15) is 29.7 Å². The fourth-order valence-corrected chi connectivity index (χ4v) is 3.81. The molecule has 4 aromatic rings. The van der Waals surface area contributed by atoms with E-state index < -0.39 is 21.6 Å². The highest BCUT2D eigenvalue weighted by Crippen LogP contribution is 2.36. The van der Waals surface area contributed by atoms with E-state index in [-0.39, 0.29) is 23.9 Å². The standard InChI is InChI=1S/C21H18F3N5O3S/c1-29-16-8-9-26-20(25)18(16)19(27-29)13-4-7-15(28-33(30,31)21(23)24)17(10-13)32-11-12-2-5-14(22)6-3-12/h2-10,21,28H,11H2,1H3,(H2,25,26). The van der Waals surface area contributed by atoms with Gasteiger partial charge in [0.2, 0.25) is 0 Å². The molecule has 0 saturated heterocycles. The van der Waals surface area contributed by atoms with Crippen molar-refractivity contribution in [1.29, 1.82) is 0 Å². The molecular formula is C21H18F3N5O3S. The number of nitrogens with two attached hydrogens (primary N) is 1. The number of pyridine rings is 1. The Kier molecular flexibility index (Phi) is 5.85. The number of hydrogen-bond acceptors (Lipinski definition) is 6. The van der Waals surface area contributed by atoms with Crippen molar-refractivity contribution in [3.8, 4) is 17.0 Å². The van der Waals surface area contributed by atoms with Crippen LogP contribution in [0.2, 0.25) is 0 Å². The Hall–Kier alpha value is -3.80. The van der Waals surface area contributed by atoms with Crippen LogP contribution >= 0.6 is 0 Å². The van der Waals surface area contributed by atoms with Crippen molar-refractivity contribution >= 4 is 32.4 Å². The van der Waals surface area contributed by atoms with Gasteiger partial charge in [-0.3, -0.25) is 9.40 Å². The van der Waals surface area contributed by atoms with Gasteiger partial charge < -0.3 is 10.5 Å². The van der Waals surface area contributed by atoms with Crippen molar-refractivity contribution < 1.29 is 26.3 Å². The lowest BCUT2D eigenvalue weighted by molar-refractivity contribution is 0.236. The van der Waals surface area contributed by atoms with Crippen LogP contribution in [0, 0.1) is 5.82 Å². The summed E-state index contributed by atoms with van der Waals surface area (Å²) in [4.78, 5) is 4.09. The number of aryl methyl sites for hydroxylation is 1. The first kappa shape index (κ1) is 22.4. The smallest absolute Gasteiger partial charge is 0.355 e. The van der Waals surface area contributed by atoms with Crippen LogP contribution in [-0.2, 0) is 23.7 Å². The van der Waals surface area contributed by atoms with Crippen LogP contribution in [0.15, 0.2) is 54.7 Å². The van der Waals surface area contributed by atoms with Gasteiger partial charge in [-0.1, -0.05) is 18.2 Å². The summed E-state index contributed by atoms with van der Waals surface area (Å²) in [5.41, 5.74) is 8.10. The zero-order valence-corrected chi connectivity index (χ0v) is 18.0. The van der Waals surface area contributed by atoms with Gasteiger partial charge in [0, 0.05) is 18.8 Å². The fourth-order valence-electron chi connectivity index (χ4n) is 3.25. The van der Waals surface area contributed by atoms with Crippen molar-refractivity contribution in [3.63, 3.8) is 0 Å². The molecule has 2 aromatic heterocycles. The third-order valence-corrected chi connectivity index (χ3v) is 5.82. The molecule has 0 bridgehead atoms. The molecule has 0 fully saturated rings. The fraction of sp³-hybridized carbons (Fsp3) is 0.143. The molecule has 2 aromatic carbocycles. The molecule has 0 aliphatic carbocycles. The van der Waals surface area contributed by atoms with Gasteiger partial charge in [-0.25, -0.2) is 17.8 Å². The summed E-state index contributed by atoms with van der Waals surface area (Å²) < 4.78 is 71.7. The van der Waals surface area contributed by atoms with Gasteiger partial charge in [-0.2, -0.15) is 13.9 Å². The minimum Gasteiger partial charge on any atom is -0.487 e. The van der Waals surface area contributed by atoms with Crippen molar-refractivity contribution in [1.82, 2.24) is 14.8 Å².